The molecule has 1 fully saturated rings. The van der Waals surface area contributed by atoms with Crippen molar-refractivity contribution in [2.45, 2.75) is 38.4 Å². The minimum absolute atomic E-state index is 0.0175. The van der Waals surface area contributed by atoms with Gasteiger partial charge in [0.15, 0.2) is 0 Å². The molecule has 1 saturated carbocycles. The molecular formula is C19H18F5NO2. The van der Waals surface area contributed by atoms with Crippen LogP contribution in [0.5, 0.6) is 0 Å². The van der Waals surface area contributed by atoms with Gasteiger partial charge >= 0.3 is 6.18 Å². The molecule has 1 heterocycles. The lowest BCUT2D eigenvalue weighted by atomic mass is 9.80. The molecule has 2 aromatic rings. The van der Waals surface area contributed by atoms with Crippen LogP contribution in [0.15, 0.2) is 41.0 Å². The molecule has 2 unspecified atom stereocenters. The number of rotatable bonds is 4. The molecule has 1 aliphatic rings. The van der Waals surface area contributed by atoms with Gasteiger partial charge in [0, 0.05) is 12.0 Å². The predicted molar refractivity (Wildman–Crippen MR) is 87.8 cm³/mol. The summed E-state index contributed by atoms with van der Waals surface area (Å²) in [6, 6.07) is 5.90. The Labute approximate surface area is 152 Å². The number of amides is 1. The van der Waals surface area contributed by atoms with E-state index in [0.717, 1.165) is 17.0 Å². The van der Waals surface area contributed by atoms with Crippen molar-refractivity contribution in [3.63, 3.8) is 0 Å². The van der Waals surface area contributed by atoms with Crippen LogP contribution < -0.4 is 4.90 Å². The molecule has 0 saturated heterocycles. The Morgan fingerprint density at radius 1 is 1.19 bits per heavy atom. The average Bonchev–Trinajstić information content (AvgIpc) is 3.12. The van der Waals surface area contributed by atoms with Gasteiger partial charge in [0.25, 0.3) is 0 Å². The SMILES string of the molecule is O=C(C1CCCC(C(F)(F)F)C1)N(Cc1ccco1)c1ccc(F)cc1F. The topological polar surface area (TPSA) is 33.5 Å². The molecule has 1 aliphatic carbocycles. The second kappa shape index (κ2) is 7.70. The van der Waals surface area contributed by atoms with Crippen molar-refractivity contribution in [2.75, 3.05) is 4.90 Å². The molecule has 1 amide bonds. The molecule has 27 heavy (non-hydrogen) atoms. The zero-order chi connectivity index (χ0) is 19.6. The number of carbonyl (C=O) groups is 1. The molecule has 0 radical (unpaired) electrons. The second-order valence-corrected chi connectivity index (χ2v) is 6.70. The second-order valence-electron chi connectivity index (χ2n) is 6.70. The Balaban J connectivity index is 1.88. The Hall–Kier alpha value is -2.38. The first-order chi connectivity index (χ1) is 12.8. The molecule has 0 N–H and O–H groups in total. The van der Waals surface area contributed by atoms with E-state index in [1.165, 1.54) is 6.26 Å². The van der Waals surface area contributed by atoms with Crippen LogP contribution in [0.3, 0.4) is 0 Å². The van der Waals surface area contributed by atoms with E-state index in [9.17, 15) is 26.7 Å². The van der Waals surface area contributed by atoms with Crippen LogP contribution >= 0.6 is 0 Å². The van der Waals surface area contributed by atoms with Crippen molar-refractivity contribution >= 4 is 11.6 Å². The van der Waals surface area contributed by atoms with Crippen molar-refractivity contribution in [3.05, 3.63) is 54.0 Å². The van der Waals surface area contributed by atoms with Crippen molar-refractivity contribution < 1.29 is 31.2 Å². The maximum absolute atomic E-state index is 14.3. The van der Waals surface area contributed by atoms with Crippen molar-refractivity contribution in [1.29, 1.82) is 0 Å². The van der Waals surface area contributed by atoms with Gasteiger partial charge in [-0.3, -0.25) is 4.79 Å². The number of alkyl halides is 3. The molecule has 0 aliphatic heterocycles. The summed E-state index contributed by atoms with van der Waals surface area (Å²) in [5.41, 5.74) is -0.188. The molecule has 0 bridgehead atoms. The molecule has 3 nitrogen and oxygen atoms in total. The molecule has 146 valence electrons. The van der Waals surface area contributed by atoms with Gasteiger partial charge in [-0.2, -0.15) is 13.2 Å². The highest BCUT2D eigenvalue weighted by Gasteiger charge is 2.44. The largest absolute Gasteiger partial charge is 0.467 e. The van der Waals surface area contributed by atoms with E-state index < -0.39 is 35.6 Å². The maximum Gasteiger partial charge on any atom is 0.391 e. The predicted octanol–water partition coefficient (Wildman–Crippen LogP) is 5.46. The zero-order valence-corrected chi connectivity index (χ0v) is 14.3. The smallest absolute Gasteiger partial charge is 0.391 e. The van der Waals surface area contributed by atoms with Crippen LogP contribution in [0.1, 0.15) is 31.4 Å². The highest BCUT2D eigenvalue weighted by molar-refractivity contribution is 5.95. The monoisotopic (exact) mass is 387 g/mol. The van der Waals surface area contributed by atoms with Crippen LogP contribution in [0.25, 0.3) is 0 Å². The molecule has 1 aromatic heterocycles. The summed E-state index contributed by atoms with van der Waals surface area (Å²) in [4.78, 5) is 14.0. The number of nitrogens with zero attached hydrogens (tertiary/aromatic N) is 1. The van der Waals surface area contributed by atoms with E-state index in [1.54, 1.807) is 12.1 Å². The van der Waals surface area contributed by atoms with Gasteiger partial charge in [-0.15, -0.1) is 0 Å². The maximum atomic E-state index is 14.3. The highest BCUT2D eigenvalue weighted by Crippen LogP contribution is 2.41. The number of anilines is 1. The van der Waals surface area contributed by atoms with Crippen LogP contribution in [0.4, 0.5) is 27.6 Å². The molecule has 2 atom stereocenters. The van der Waals surface area contributed by atoms with Gasteiger partial charge in [-0.25, -0.2) is 8.78 Å². The minimum Gasteiger partial charge on any atom is -0.467 e. The summed E-state index contributed by atoms with van der Waals surface area (Å²) in [5.74, 6) is -4.48. The lowest BCUT2D eigenvalue weighted by Crippen LogP contribution is -2.40. The first-order valence-corrected chi connectivity index (χ1v) is 8.61. The van der Waals surface area contributed by atoms with Crippen molar-refractivity contribution in [3.8, 4) is 0 Å². The summed E-state index contributed by atoms with van der Waals surface area (Å²) >= 11 is 0. The lowest BCUT2D eigenvalue weighted by Gasteiger charge is -2.33. The number of carbonyl (C=O) groups excluding carboxylic acids is 1. The fourth-order valence-corrected chi connectivity index (χ4v) is 3.47. The molecule has 3 rings (SSSR count). The minimum atomic E-state index is -4.37. The highest BCUT2D eigenvalue weighted by atomic mass is 19.4. The summed E-state index contributed by atoms with van der Waals surface area (Å²) in [7, 11) is 0. The van der Waals surface area contributed by atoms with E-state index in [4.69, 9.17) is 4.42 Å². The molecule has 8 heteroatoms. The Bertz CT molecular complexity index is 788. The van der Waals surface area contributed by atoms with Gasteiger partial charge in [-0.05, 0) is 43.5 Å². The molecule has 0 spiro atoms. The Morgan fingerprint density at radius 2 is 1.96 bits per heavy atom. The summed E-state index contributed by atoms with van der Waals surface area (Å²) in [6.07, 6.45) is -2.79. The van der Waals surface area contributed by atoms with Crippen LogP contribution in [0.2, 0.25) is 0 Å². The number of furan rings is 1. The van der Waals surface area contributed by atoms with Crippen molar-refractivity contribution in [1.82, 2.24) is 0 Å². The Kier molecular flexibility index (Phi) is 5.53. The number of halogens is 5. The fourth-order valence-electron chi connectivity index (χ4n) is 3.47. The zero-order valence-electron chi connectivity index (χ0n) is 14.3. The summed E-state index contributed by atoms with van der Waals surface area (Å²) in [5, 5.41) is 0. The van der Waals surface area contributed by atoms with Gasteiger partial charge in [0.05, 0.1) is 24.4 Å². The first kappa shape index (κ1) is 19.4. The van der Waals surface area contributed by atoms with Gasteiger partial charge < -0.3 is 9.32 Å². The van der Waals surface area contributed by atoms with E-state index in [-0.39, 0.29) is 31.5 Å². The lowest BCUT2D eigenvalue weighted by molar-refractivity contribution is -0.186. The van der Waals surface area contributed by atoms with E-state index in [1.807, 2.05) is 0 Å². The quantitative estimate of drug-likeness (QED) is 0.653. The molecule has 1 aromatic carbocycles. The van der Waals surface area contributed by atoms with E-state index >= 15 is 0 Å². The van der Waals surface area contributed by atoms with E-state index in [0.29, 0.717) is 18.2 Å². The van der Waals surface area contributed by atoms with Crippen molar-refractivity contribution in [2.24, 2.45) is 11.8 Å². The third-order valence-corrected chi connectivity index (χ3v) is 4.85. The van der Waals surface area contributed by atoms with Gasteiger partial charge in [0.2, 0.25) is 5.91 Å². The normalized spacial score (nSPS) is 20.5. The fraction of sp³-hybridized carbons (Fsp3) is 0.421. The summed E-state index contributed by atoms with van der Waals surface area (Å²) in [6.45, 7) is -0.151. The third-order valence-electron chi connectivity index (χ3n) is 4.85. The van der Waals surface area contributed by atoms with Gasteiger partial charge in [0.1, 0.15) is 17.4 Å². The first-order valence-electron chi connectivity index (χ1n) is 8.61. The molecular weight excluding hydrogens is 369 g/mol. The van der Waals surface area contributed by atoms with Crippen LogP contribution in [-0.4, -0.2) is 12.1 Å². The average molecular weight is 387 g/mol. The Morgan fingerprint density at radius 3 is 2.59 bits per heavy atom. The van der Waals surface area contributed by atoms with E-state index in [2.05, 4.69) is 0 Å². The van der Waals surface area contributed by atoms with Crippen LogP contribution in [-0.2, 0) is 11.3 Å². The number of hydrogen-bond donors (Lipinski definition) is 0. The number of hydrogen-bond acceptors (Lipinski definition) is 2. The summed E-state index contributed by atoms with van der Waals surface area (Å²) < 4.78 is 71.9. The third kappa shape index (κ3) is 4.48. The standard InChI is InChI=1S/C19H18F5NO2/c20-14-6-7-17(16(21)10-14)25(11-15-5-2-8-27-15)18(26)12-3-1-4-13(9-12)19(22,23)24/h2,5-8,10,12-13H,1,3-4,9,11H2. The van der Waals surface area contributed by atoms with Gasteiger partial charge in [-0.1, -0.05) is 6.42 Å². The van der Waals surface area contributed by atoms with Crippen LogP contribution in [0, 0.1) is 23.5 Å². The number of benzene rings is 1.